The van der Waals surface area contributed by atoms with Crippen molar-refractivity contribution < 1.29 is 36.7 Å². The molecule has 11 nitrogen and oxygen atoms in total. The summed E-state index contributed by atoms with van der Waals surface area (Å²) in [6.07, 6.45) is 0.756. The van der Waals surface area contributed by atoms with Crippen LogP contribution < -0.4 is 16.0 Å². The highest BCUT2D eigenvalue weighted by atomic mass is 19.4. The minimum atomic E-state index is -5.04. The average Bonchev–Trinajstić information content (AvgIpc) is 4.01. The summed E-state index contributed by atoms with van der Waals surface area (Å²) in [5, 5.41) is 11.9. The number of hydrogen-bond donors (Lipinski definition) is 3. The molecule has 1 saturated heterocycles. The highest BCUT2D eigenvalue weighted by Gasteiger charge is 2.81. The number of amides is 4. The molecule has 6 rings (SSSR count). The van der Waals surface area contributed by atoms with Gasteiger partial charge in [-0.25, -0.2) is 4.39 Å². The largest absolute Gasteiger partial charge is 0.398 e. The van der Waals surface area contributed by atoms with Gasteiger partial charge >= 0.3 is 6.18 Å². The van der Waals surface area contributed by atoms with Gasteiger partial charge in [-0.3, -0.25) is 23.9 Å². The second-order valence-corrected chi connectivity index (χ2v) is 14.0. The number of carbonyl (C=O) groups excluding carboxylic acids is 4. The quantitative estimate of drug-likeness (QED) is 0.292. The zero-order valence-electron chi connectivity index (χ0n) is 27.9. The predicted molar refractivity (Wildman–Crippen MR) is 171 cm³/mol. The standard InChI is InChI=1S/C34H43F4N7O4/c1-4-25(46)41-27(31(49)44-16-14-43(3)15-17-44)26(34(36,37)38)20-6-9-23(22(35)18-20)40-30(48)28(33(21-7-8-21)19-32(33)11-12-32)42-29(47)24-10-13-39-45(24)5-2/h6,9-10,13,18,21,26-28H,4-5,7-8,11-12,14-17,19H2,1-3H3,(H,40,48)(H,41,46)(H,42,47)/t26?,27?,28-,33?/m1/s1. The number of nitrogens with one attached hydrogen (secondary N) is 3. The number of hydrogen-bond acceptors (Lipinski definition) is 6. The van der Waals surface area contributed by atoms with E-state index in [1.165, 1.54) is 22.7 Å². The second kappa shape index (κ2) is 13.0. The zero-order chi connectivity index (χ0) is 35.3. The third-order valence-electron chi connectivity index (χ3n) is 11.0. The number of likely N-dealkylation sites (N-methyl/N-ethyl adjacent to an activating group) is 1. The second-order valence-electron chi connectivity index (χ2n) is 14.0. The van der Waals surface area contributed by atoms with Crippen LogP contribution in [0.2, 0.25) is 0 Å². The van der Waals surface area contributed by atoms with Crippen LogP contribution in [-0.4, -0.2) is 94.7 Å². The molecule has 0 bridgehead atoms. The fraction of sp³-hybridized carbons (Fsp3) is 0.618. The molecule has 4 amide bonds. The van der Waals surface area contributed by atoms with Crippen LogP contribution in [0.5, 0.6) is 0 Å². The van der Waals surface area contributed by atoms with Gasteiger partial charge in [0.1, 0.15) is 29.5 Å². The van der Waals surface area contributed by atoms with Crippen LogP contribution in [0, 0.1) is 22.6 Å². The maximum atomic E-state index is 15.8. The van der Waals surface area contributed by atoms with E-state index in [0.29, 0.717) is 25.7 Å². The number of anilines is 1. The summed E-state index contributed by atoms with van der Waals surface area (Å²) >= 11 is 0. The predicted octanol–water partition coefficient (Wildman–Crippen LogP) is 3.67. The molecule has 15 heteroatoms. The lowest BCUT2D eigenvalue weighted by molar-refractivity contribution is -0.168. The van der Waals surface area contributed by atoms with E-state index < -0.39 is 64.6 Å². The Morgan fingerprint density at radius 2 is 1.71 bits per heavy atom. The number of nitrogens with zero attached hydrogens (tertiary/aromatic N) is 4. The molecule has 4 atom stereocenters. The van der Waals surface area contributed by atoms with Gasteiger partial charge in [0.05, 0.1) is 5.69 Å². The summed E-state index contributed by atoms with van der Waals surface area (Å²) < 4.78 is 61.6. The maximum Gasteiger partial charge on any atom is 0.398 e. The molecule has 2 aromatic rings. The Hall–Kier alpha value is -4.01. The fourth-order valence-electron chi connectivity index (χ4n) is 7.93. The van der Waals surface area contributed by atoms with Gasteiger partial charge in [-0.15, -0.1) is 0 Å². The van der Waals surface area contributed by atoms with Crippen molar-refractivity contribution >= 4 is 29.3 Å². The Labute approximate surface area is 282 Å². The molecule has 4 fully saturated rings. The van der Waals surface area contributed by atoms with Crippen molar-refractivity contribution in [2.75, 3.05) is 38.5 Å². The van der Waals surface area contributed by atoms with Gasteiger partial charge in [0.25, 0.3) is 5.91 Å². The van der Waals surface area contributed by atoms with Gasteiger partial charge in [-0.1, -0.05) is 13.0 Å². The Morgan fingerprint density at radius 1 is 1.02 bits per heavy atom. The first-order chi connectivity index (χ1) is 23.2. The summed E-state index contributed by atoms with van der Waals surface area (Å²) in [7, 11) is 1.83. The molecule has 3 unspecified atom stereocenters. The van der Waals surface area contributed by atoms with E-state index in [1.54, 1.807) is 6.07 Å². The SMILES string of the molecule is CCC(=O)NC(C(=O)N1CCN(C)CC1)C(c1ccc(NC(=O)[C@@H](NC(=O)c2ccnn2CC)C2(C3CC3)CC23CC3)c(F)c1)C(F)(F)F. The number of halogens is 4. The molecular weight excluding hydrogens is 646 g/mol. The van der Waals surface area contributed by atoms with Crippen LogP contribution in [0.3, 0.4) is 0 Å². The normalized spacial score (nSPS) is 23.4. The van der Waals surface area contributed by atoms with Gasteiger partial charge in [0.15, 0.2) is 0 Å². The summed E-state index contributed by atoms with van der Waals surface area (Å²) in [5.74, 6) is -6.25. The highest BCUT2D eigenvalue weighted by molar-refractivity contribution is 6.01. The molecule has 1 aliphatic heterocycles. The molecular formula is C34H43F4N7O4. The smallest absolute Gasteiger partial charge is 0.343 e. The minimum absolute atomic E-state index is 0.0506. The molecule has 4 aliphatic rings. The molecule has 3 N–H and O–H groups in total. The summed E-state index contributed by atoms with van der Waals surface area (Å²) in [6, 6.07) is 1.25. The van der Waals surface area contributed by atoms with Crippen molar-refractivity contribution in [1.82, 2.24) is 30.2 Å². The lowest BCUT2D eigenvalue weighted by Crippen LogP contribution is -2.57. The van der Waals surface area contributed by atoms with Crippen LogP contribution in [-0.2, 0) is 20.9 Å². The van der Waals surface area contributed by atoms with Crippen LogP contribution in [0.4, 0.5) is 23.2 Å². The third-order valence-corrected chi connectivity index (χ3v) is 11.0. The van der Waals surface area contributed by atoms with E-state index in [-0.39, 0.29) is 42.2 Å². The number of rotatable bonds is 12. The Balaban J connectivity index is 1.27. The lowest BCUT2D eigenvalue weighted by atomic mass is 9.85. The maximum absolute atomic E-state index is 15.8. The van der Waals surface area contributed by atoms with Crippen molar-refractivity contribution in [3.05, 3.63) is 47.5 Å². The van der Waals surface area contributed by atoms with Crippen molar-refractivity contribution in [2.45, 2.75) is 83.1 Å². The average molecular weight is 690 g/mol. The van der Waals surface area contributed by atoms with Crippen LogP contribution >= 0.6 is 0 Å². The van der Waals surface area contributed by atoms with Crippen molar-refractivity contribution in [3.63, 3.8) is 0 Å². The molecule has 49 heavy (non-hydrogen) atoms. The Kier molecular flexibility index (Phi) is 9.26. The van der Waals surface area contributed by atoms with Crippen LogP contribution in [0.15, 0.2) is 30.5 Å². The minimum Gasteiger partial charge on any atom is -0.343 e. The Morgan fingerprint density at radius 3 is 2.27 bits per heavy atom. The molecule has 1 aromatic carbocycles. The first-order valence-electron chi connectivity index (χ1n) is 17.0. The van der Waals surface area contributed by atoms with E-state index in [4.69, 9.17) is 0 Å². The lowest BCUT2D eigenvalue weighted by Gasteiger charge is -2.37. The monoisotopic (exact) mass is 689 g/mol. The van der Waals surface area contributed by atoms with Gasteiger partial charge in [-0.05, 0) is 81.2 Å². The summed E-state index contributed by atoms with van der Waals surface area (Å²) in [4.78, 5) is 56.6. The van der Waals surface area contributed by atoms with Gasteiger partial charge < -0.3 is 25.8 Å². The number of carbonyl (C=O) groups is 4. The van der Waals surface area contributed by atoms with Crippen molar-refractivity contribution in [3.8, 4) is 0 Å². The molecule has 0 radical (unpaired) electrons. The number of alkyl halides is 3. The molecule has 1 aromatic heterocycles. The van der Waals surface area contributed by atoms with Gasteiger partial charge in [0.2, 0.25) is 17.7 Å². The van der Waals surface area contributed by atoms with Crippen molar-refractivity contribution in [2.24, 2.45) is 16.7 Å². The molecule has 1 spiro atoms. The summed E-state index contributed by atoms with van der Waals surface area (Å²) in [6.45, 7) is 4.99. The van der Waals surface area contributed by atoms with Crippen LogP contribution in [0.1, 0.15) is 74.3 Å². The van der Waals surface area contributed by atoms with Crippen molar-refractivity contribution in [1.29, 1.82) is 0 Å². The van der Waals surface area contributed by atoms with E-state index in [2.05, 4.69) is 21.0 Å². The molecule has 3 aliphatic carbocycles. The Bertz CT molecular complexity index is 1610. The van der Waals surface area contributed by atoms with E-state index >= 15 is 4.39 Å². The highest BCUT2D eigenvalue weighted by Crippen LogP contribution is 2.85. The third kappa shape index (κ3) is 6.65. The number of piperazine rings is 1. The molecule has 3 saturated carbocycles. The molecule has 2 heterocycles. The summed E-state index contributed by atoms with van der Waals surface area (Å²) in [5.41, 5.74) is -1.18. The fourth-order valence-corrected chi connectivity index (χ4v) is 7.93. The number of benzene rings is 1. The number of aromatic nitrogens is 2. The van der Waals surface area contributed by atoms with E-state index in [9.17, 15) is 32.3 Å². The number of aryl methyl sites for hydroxylation is 1. The zero-order valence-corrected chi connectivity index (χ0v) is 27.9. The van der Waals surface area contributed by atoms with E-state index in [0.717, 1.165) is 44.2 Å². The van der Waals surface area contributed by atoms with E-state index in [1.807, 2.05) is 18.9 Å². The van der Waals surface area contributed by atoms with Gasteiger partial charge in [-0.2, -0.15) is 18.3 Å². The first kappa shape index (κ1) is 34.8. The topological polar surface area (TPSA) is 129 Å². The van der Waals surface area contributed by atoms with Crippen LogP contribution in [0.25, 0.3) is 0 Å². The molecule has 266 valence electrons. The first-order valence-corrected chi connectivity index (χ1v) is 17.0. The van der Waals surface area contributed by atoms with Gasteiger partial charge in [0, 0.05) is 50.8 Å².